The Morgan fingerprint density at radius 2 is 1.86 bits per heavy atom. The zero-order valence-electron chi connectivity index (χ0n) is 13.1. The molecule has 0 bridgehead atoms. The maximum atomic E-state index is 12.0. The van der Waals surface area contributed by atoms with Crippen LogP contribution in [0.15, 0.2) is 18.2 Å². The topological polar surface area (TPSA) is 73.6 Å². The van der Waals surface area contributed by atoms with Gasteiger partial charge in [-0.2, -0.15) is 0 Å². The molecule has 0 aromatic heterocycles. The molecule has 0 aliphatic rings. The van der Waals surface area contributed by atoms with Gasteiger partial charge in [0, 0.05) is 11.8 Å². The number of hydrogen-bond donors (Lipinski definition) is 2. The highest BCUT2D eigenvalue weighted by Gasteiger charge is 2.14. The molecular weight excluding hydrogens is 268 g/mol. The van der Waals surface area contributed by atoms with Crippen molar-refractivity contribution in [2.45, 2.75) is 46.1 Å². The summed E-state index contributed by atoms with van der Waals surface area (Å²) in [5, 5.41) is 2.82. The van der Waals surface area contributed by atoms with Crippen molar-refractivity contribution in [3.8, 4) is 11.5 Å². The summed E-state index contributed by atoms with van der Waals surface area (Å²) >= 11 is 0. The molecule has 0 saturated carbocycles. The molecule has 118 valence electrons. The predicted molar refractivity (Wildman–Crippen MR) is 84.9 cm³/mol. The monoisotopic (exact) mass is 294 g/mol. The molecule has 0 aliphatic heterocycles. The van der Waals surface area contributed by atoms with E-state index < -0.39 is 6.04 Å². The Morgan fingerprint density at radius 1 is 1.19 bits per heavy atom. The van der Waals surface area contributed by atoms with E-state index in [1.54, 1.807) is 18.2 Å². The fourth-order valence-electron chi connectivity index (χ4n) is 1.92. The second kappa shape index (κ2) is 9.23. The van der Waals surface area contributed by atoms with Crippen LogP contribution in [0.25, 0.3) is 0 Å². The minimum atomic E-state index is -0.480. The summed E-state index contributed by atoms with van der Waals surface area (Å²) in [7, 11) is 0. The van der Waals surface area contributed by atoms with Crippen LogP contribution in [0.5, 0.6) is 11.5 Å². The lowest BCUT2D eigenvalue weighted by atomic mass is 10.1. The number of rotatable bonds is 9. The third kappa shape index (κ3) is 5.63. The first-order valence-corrected chi connectivity index (χ1v) is 7.58. The van der Waals surface area contributed by atoms with Crippen molar-refractivity contribution < 1.29 is 14.3 Å². The van der Waals surface area contributed by atoms with Crippen LogP contribution in [0.4, 0.5) is 5.69 Å². The van der Waals surface area contributed by atoms with E-state index >= 15 is 0 Å². The molecule has 0 aliphatic carbocycles. The Labute approximate surface area is 126 Å². The standard InChI is InChI=1S/C16H26N2O3/c1-4-7-8-13(17)16(19)18-12-9-10-14(20-5-2)15(11-12)21-6-3/h9-11,13H,4-8,17H2,1-3H3,(H,18,19)/t13-/m0/s1. The number of benzene rings is 1. The number of unbranched alkanes of at least 4 members (excludes halogenated alkanes) is 1. The summed E-state index contributed by atoms with van der Waals surface area (Å²) in [4.78, 5) is 12.0. The number of anilines is 1. The third-order valence-electron chi connectivity index (χ3n) is 3.02. The number of carbonyl (C=O) groups excluding carboxylic acids is 1. The van der Waals surface area contributed by atoms with E-state index in [4.69, 9.17) is 15.2 Å². The van der Waals surface area contributed by atoms with Crippen molar-refractivity contribution in [3.05, 3.63) is 18.2 Å². The van der Waals surface area contributed by atoms with Gasteiger partial charge in [0.2, 0.25) is 5.91 Å². The lowest BCUT2D eigenvalue weighted by Crippen LogP contribution is -2.35. The van der Waals surface area contributed by atoms with Gasteiger partial charge in [0.25, 0.3) is 0 Å². The summed E-state index contributed by atoms with van der Waals surface area (Å²) in [5.41, 5.74) is 6.52. The Bertz CT molecular complexity index is 449. The zero-order valence-corrected chi connectivity index (χ0v) is 13.1. The van der Waals surface area contributed by atoms with Gasteiger partial charge in [0.15, 0.2) is 11.5 Å². The molecule has 3 N–H and O–H groups in total. The van der Waals surface area contributed by atoms with Gasteiger partial charge in [-0.3, -0.25) is 4.79 Å². The maximum absolute atomic E-state index is 12.0. The summed E-state index contributed by atoms with van der Waals surface area (Å²) in [6.07, 6.45) is 2.66. The lowest BCUT2D eigenvalue weighted by molar-refractivity contribution is -0.117. The quantitative estimate of drug-likeness (QED) is 0.734. The molecule has 1 aromatic carbocycles. The van der Waals surface area contributed by atoms with Crippen molar-refractivity contribution in [3.63, 3.8) is 0 Å². The maximum Gasteiger partial charge on any atom is 0.241 e. The van der Waals surface area contributed by atoms with Crippen LogP contribution in [-0.4, -0.2) is 25.2 Å². The van der Waals surface area contributed by atoms with E-state index in [1.807, 2.05) is 13.8 Å². The molecule has 5 nitrogen and oxygen atoms in total. The molecule has 5 heteroatoms. The smallest absolute Gasteiger partial charge is 0.241 e. The van der Waals surface area contributed by atoms with Crippen LogP contribution in [0.3, 0.4) is 0 Å². The first-order chi connectivity index (χ1) is 10.1. The van der Waals surface area contributed by atoms with Gasteiger partial charge >= 0.3 is 0 Å². The number of amides is 1. The largest absolute Gasteiger partial charge is 0.490 e. The Kier molecular flexibility index (Phi) is 7.61. The van der Waals surface area contributed by atoms with E-state index in [0.29, 0.717) is 36.8 Å². The van der Waals surface area contributed by atoms with Crippen LogP contribution in [0.2, 0.25) is 0 Å². The van der Waals surface area contributed by atoms with Crippen molar-refractivity contribution in [1.82, 2.24) is 0 Å². The van der Waals surface area contributed by atoms with Gasteiger partial charge in [0.05, 0.1) is 19.3 Å². The van der Waals surface area contributed by atoms with Crippen LogP contribution in [0, 0.1) is 0 Å². The summed E-state index contributed by atoms with van der Waals surface area (Å²) in [5.74, 6) is 1.13. The summed E-state index contributed by atoms with van der Waals surface area (Å²) in [6, 6.07) is 4.87. The molecule has 1 atom stereocenters. The van der Waals surface area contributed by atoms with E-state index in [2.05, 4.69) is 12.2 Å². The fourth-order valence-corrected chi connectivity index (χ4v) is 1.92. The molecule has 0 fully saturated rings. The molecule has 0 unspecified atom stereocenters. The predicted octanol–water partition coefficient (Wildman–Crippen LogP) is 2.94. The fraction of sp³-hybridized carbons (Fsp3) is 0.562. The number of carbonyl (C=O) groups is 1. The molecule has 0 radical (unpaired) electrons. The average molecular weight is 294 g/mol. The van der Waals surface area contributed by atoms with Crippen LogP contribution in [0.1, 0.15) is 40.0 Å². The van der Waals surface area contributed by atoms with Gasteiger partial charge in [-0.05, 0) is 32.4 Å². The SMILES string of the molecule is CCCC[C@H](N)C(=O)Nc1ccc(OCC)c(OCC)c1. The highest BCUT2D eigenvalue weighted by atomic mass is 16.5. The molecule has 1 aromatic rings. The summed E-state index contributed by atoms with van der Waals surface area (Å²) in [6.45, 7) is 6.99. The normalized spacial score (nSPS) is 11.8. The molecular formula is C16H26N2O3. The van der Waals surface area contributed by atoms with E-state index in [9.17, 15) is 4.79 Å². The second-order valence-corrected chi connectivity index (χ2v) is 4.77. The number of ether oxygens (including phenoxy) is 2. The average Bonchev–Trinajstić information content (AvgIpc) is 2.47. The second-order valence-electron chi connectivity index (χ2n) is 4.77. The third-order valence-corrected chi connectivity index (χ3v) is 3.02. The van der Waals surface area contributed by atoms with Crippen molar-refractivity contribution >= 4 is 11.6 Å². The van der Waals surface area contributed by atoms with E-state index in [-0.39, 0.29) is 5.91 Å². The number of nitrogens with two attached hydrogens (primary N) is 1. The minimum absolute atomic E-state index is 0.171. The lowest BCUT2D eigenvalue weighted by Gasteiger charge is -2.15. The number of hydrogen-bond acceptors (Lipinski definition) is 4. The van der Waals surface area contributed by atoms with E-state index in [0.717, 1.165) is 12.8 Å². The molecule has 21 heavy (non-hydrogen) atoms. The van der Waals surface area contributed by atoms with Crippen molar-refractivity contribution in [2.75, 3.05) is 18.5 Å². The Hall–Kier alpha value is -1.75. The highest BCUT2D eigenvalue weighted by molar-refractivity contribution is 5.94. The zero-order chi connectivity index (χ0) is 15.7. The first kappa shape index (κ1) is 17.3. The van der Waals surface area contributed by atoms with Gasteiger partial charge in [-0.25, -0.2) is 0 Å². The number of nitrogens with one attached hydrogen (secondary N) is 1. The van der Waals surface area contributed by atoms with Crippen molar-refractivity contribution in [1.29, 1.82) is 0 Å². The van der Waals surface area contributed by atoms with Crippen LogP contribution < -0.4 is 20.5 Å². The molecule has 0 spiro atoms. The summed E-state index contributed by atoms with van der Waals surface area (Å²) < 4.78 is 11.0. The van der Waals surface area contributed by atoms with Gasteiger partial charge in [-0.15, -0.1) is 0 Å². The van der Waals surface area contributed by atoms with E-state index in [1.165, 1.54) is 0 Å². The van der Waals surface area contributed by atoms with Crippen LogP contribution >= 0.6 is 0 Å². The van der Waals surface area contributed by atoms with Gasteiger partial charge in [0.1, 0.15) is 0 Å². The minimum Gasteiger partial charge on any atom is -0.490 e. The molecule has 0 saturated heterocycles. The van der Waals surface area contributed by atoms with Crippen molar-refractivity contribution in [2.24, 2.45) is 5.73 Å². The Morgan fingerprint density at radius 3 is 2.48 bits per heavy atom. The molecule has 1 rings (SSSR count). The first-order valence-electron chi connectivity index (χ1n) is 7.58. The van der Waals surface area contributed by atoms with Gasteiger partial charge < -0.3 is 20.5 Å². The molecule has 1 amide bonds. The highest BCUT2D eigenvalue weighted by Crippen LogP contribution is 2.30. The van der Waals surface area contributed by atoms with Gasteiger partial charge in [-0.1, -0.05) is 19.8 Å². The molecule has 0 heterocycles. The Balaban J connectivity index is 2.74. The van der Waals surface area contributed by atoms with Crippen LogP contribution in [-0.2, 0) is 4.79 Å².